The van der Waals surface area contributed by atoms with Crippen molar-refractivity contribution >= 4 is 28.9 Å². The molecule has 2 heterocycles. The lowest BCUT2D eigenvalue weighted by Gasteiger charge is -2.33. The van der Waals surface area contributed by atoms with Gasteiger partial charge in [-0.1, -0.05) is 13.0 Å². The average molecular weight is 558 g/mol. The van der Waals surface area contributed by atoms with E-state index in [4.69, 9.17) is 15.2 Å². The van der Waals surface area contributed by atoms with E-state index < -0.39 is 17.5 Å². The van der Waals surface area contributed by atoms with Crippen LogP contribution in [0.15, 0.2) is 41.4 Å². The van der Waals surface area contributed by atoms with E-state index in [0.717, 1.165) is 25.6 Å². The summed E-state index contributed by atoms with van der Waals surface area (Å²) in [5, 5.41) is 19.3. The number of fused-ring (bicyclic) bond motifs is 1. The number of methoxy groups -OCH3 is 1. The summed E-state index contributed by atoms with van der Waals surface area (Å²) in [7, 11) is 1.51. The summed E-state index contributed by atoms with van der Waals surface area (Å²) in [6, 6.07) is 8.96. The van der Waals surface area contributed by atoms with Gasteiger partial charge in [0.25, 0.3) is 0 Å². The number of aliphatic hydroxyl groups is 1. The molecule has 0 aliphatic carbocycles. The number of aromatic nitrogens is 2. The van der Waals surface area contributed by atoms with Gasteiger partial charge in [-0.25, -0.2) is 13.8 Å². The molecule has 11 nitrogen and oxygen atoms in total. The summed E-state index contributed by atoms with van der Waals surface area (Å²) in [5.74, 6) is -1.11. The predicted octanol–water partition coefficient (Wildman–Crippen LogP) is 2.78. The van der Waals surface area contributed by atoms with Crippen molar-refractivity contribution < 1.29 is 28.2 Å². The number of anilines is 2. The van der Waals surface area contributed by atoms with Crippen LogP contribution in [-0.4, -0.2) is 78.6 Å². The van der Waals surface area contributed by atoms with Crippen LogP contribution in [0.25, 0.3) is 0 Å². The highest BCUT2D eigenvalue weighted by Crippen LogP contribution is 2.38. The molecular formula is C27H33F2N7O4. The smallest absolute Gasteiger partial charge is 0.223 e. The Balaban J connectivity index is 1.68. The maximum atomic E-state index is 14.9. The van der Waals surface area contributed by atoms with Crippen LogP contribution in [0.4, 0.5) is 26.0 Å². The lowest BCUT2D eigenvalue weighted by molar-refractivity contribution is -0.117. The van der Waals surface area contributed by atoms with E-state index in [0.29, 0.717) is 41.6 Å². The van der Waals surface area contributed by atoms with E-state index in [1.54, 1.807) is 18.2 Å². The minimum absolute atomic E-state index is 0.0209. The third kappa shape index (κ3) is 6.66. The second kappa shape index (κ2) is 13.2. The Kier molecular flexibility index (Phi) is 9.51. The van der Waals surface area contributed by atoms with Gasteiger partial charge in [-0.15, -0.1) is 0 Å². The maximum Gasteiger partial charge on any atom is 0.223 e. The molecule has 1 amide bonds. The number of aliphatic imine (C=N–C) groups is 1. The first-order valence-corrected chi connectivity index (χ1v) is 12.9. The molecule has 0 bridgehead atoms. The van der Waals surface area contributed by atoms with Gasteiger partial charge >= 0.3 is 0 Å². The van der Waals surface area contributed by atoms with Crippen molar-refractivity contribution in [3.05, 3.63) is 59.3 Å². The molecule has 1 aromatic heterocycles. The second-order valence-electron chi connectivity index (χ2n) is 9.07. The van der Waals surface area contributed by atoms with Crippen molar-refractivity contribution in [1.82, 2.24) is 15.1 Å². The average Bonchev–Trinajstić information content (AvgIpc) is 3.37. The molecule has 40 heavy (non-hydrogen) atoms. The van der Waals surface area contributed by atoms with Crippen molar-refractivity contribution in [1.29, 1.82) is 0 Å². The first kappa shape index (κ1) is 28.8. The van der Waals surface area contributed by atoms with Gasteiger partial charge in [-0.2, -0.15) is 5.10 Å². The molecule has 0 atom stereocenters. The molecule has 13 heteroatoms. The first-order valence-electron chi connectivity index (χ1n) is 12.9. The Hall–Kier alpha value is -4.23. The molecule has 3 aromatic rings. The van der Waals surface area contributed by atoms with Crippen LogP contribution in [-0.2, 0) is 11.2 Å². The fourth-order valence-corrected chi connectivity index (χ4v) is 4.40. The molecular weight excluding hydrogens is 524 g/mol. The topological polar surface area (TPSA) is 141 Å². The lowest BCUT2D eigenvalue weighted by Crippen LogP contribution is -2.41. The van der Waals surface area contributed by atoms with Gasteiger partial charge in [-0.05, 0) is 31.2 Å². The van der Waals surface area contributed by atoms with Crippen LogP contribution in [0.5, 0.6) is 11.5 Å². The Morgan fingerprint density at radius 3 is 2.80 bits per heavy atom. The van der Waals surface area contributed by atoms with Crippen LogP contribution in [0.1, 0.15) is 24.6 Å². The molecule has 0 fully saturated rings. The van der Waals surface area contributed by atoms with Gasteiger partial charge in [0.15, 0.2) is 29.0 Å². The van der Waals surface area contributed by atoms with E-state index in [9.17, 15) is 18.7 Å². The molecule has 0 spiro atoms. The highest BCUT2D eigenvalue weighted by atomic mass is 19.2. The summed E-state index contributed by atoms with van der Waals surface area (Å²) in [6.45, 7) is 4.84. The number of nitrogens with zero attached hydrogens (tertiary/aromatic N) is 4. The molecule has 214 valence electrons. The highest BCUT2D eigenvalue weighted by molar-refractivity contribution is 6.16. The predicted molar refractivity (Wildman–Crippen MR) is 147 cm³/mol. The number of H-pyrrole nitrogens is 1. The second-order valence-corrected chi connectivity index (χ2v) is 9.07. The first-order chi connectivity index (χ1) is 19.3. The minimum atomic E-state index is -1.02. The zero-order valence-electron chi connectivity index (χ0n) is 22.4. The quantitative estimate of drug-likeness (QED) is 0.235. The summed E-state index contributed by atoms with van der Waals surface area (Å²) < 4.78 is 40.7. The summed E-state index contributed by atoms with van der Waals surface area (Å²) in [6.07, 6.45) is 0.691. The Morgan fingerprint density at radius 1 is 1.25 bits per heavy atom. The van der Waals surface area contributed by atoms with E-state index >= 15 is 0 Å². The largest absolute Gasteiger partial charge is 0.493 e. The van der Waals surface area contributed by atoms with Crippen LogP contribution >= 0.6 is 0 Å². The van der Waals surface area contributed by atoms with Gasteiger partial charge in [-0.3, -0.25) is 9.89 Å². The highest BCUT2D eigenvalue weighted by Gasteiger charge is 2.29. The molecule has 4 rings (SSSR count). The minimum Gasteiger partial charge on any atom is -0.493 e. The molecule has 0 saturated carbocycles. The number of hydrogen-bond acceptors (Lipinski definition) is 8. The summed E-state index contributed by atoms with van der Waals surface area (Å²) in [5.41, 5.74) is 6.91. The van der Waals surface area contributed by atoms with Crippen molar-refractivity contribution in [3.63, 3.8) is 0 Å². The van der Waals surface area contributed by atoms with Crippen LogP contribution in [0.3, 0.4) is 0 Å². The monoisotopic (exact) mass is 557 g/mol. The third-order valence-corrected chi connectivity index (χ3v) is 6.39. The number of amides is 1. The third-order valence-electron chi connectivity index (χ3n) is 6.39. The number of carbonyl (C=O) groups excluding carboxylic acids is 1. The van der Waals surface area contributed by atoms with Crippen LogP contribution < -0.4 is 25.4 Å². The molecule has 0 radical (unpaired) electrons. The van der Waals surface area contributed by atoms with Gasteiger partial charge in [0, 0.05) is 36.5 Å². The number of nitrogens with two attached hydrogens (primary N) is 1. The van der Waals surface area contributed by atoms with E-state index in [2.05, 4.69) is 25.4 Å². The molecule has 1 aliphatic heterocycles. The number of aromatic amines is 1. The van der Waals surface area contributed by atoms with E-state index in [1.807, 2.05) is 6.92 Å². The fourth-order valence-electron chi connectivity index (χ4n) is 4.40. The zero-order valence-corrected chi connectivity index (χ0v) is 22.4. The van der Waals surface area contributed by atoms with Crippen molar-refractivity contribution in [2.75, 3.05) is 56.8 Å². The number of ether oxygens (including phenoxy) is 2. The van der Waals surface area contributed by atoms with Crippen molar-refractivity contribution in [2.24, 2.45) is 10.7 Å². The molecule has 1 aliphatic rings. The molecule has 5 N–H and O–H groups in total. The number of nitrogens with one attached hydrogen (secondary N) is 2. The Labute approximate surface area is 230 Å². The number of amidine groups is 1. The number of hydrogen-bond donors (Lipinski definition) is 4. The summed E-state index contributed by atoms with van der Waals surface area (Å²) in [4.78, 5) is 19.6. The zero-order chi connectivity index (χ0) is 28.6. The van der Waals surface area contributed by atoms with Gasteiger partial charge in [0.05, 0.1) is 44.8 Å². The Bertz CT molecular complexity index is 1360. The lowest BCUT2D eigenvalue weighted by atomic mass is 10.1. The standard InChI is InChI=1S/C27H33F2N7O4/c1-3-35(9-10-37)8-5-11-40-23-15-20-18(14-22(23)39-2)27(32-25-13-17(33-34-25)12-24(30)38)36(16-31-20)21-7-4-6-19(28)26(21)29/h4,6-7,13-15,31,37H,3,5,8-12,16H2,1-2H3,(H2,30,38)(H,33,34). The number of primary amides is 1. The van der Waals surface area contributed by atoms with Crippen LogP contribution in [0, 0.1) is 11.6 Å². The molecule has 0 unspecified atom stereocenters. The molecule has 0 saturated heterocycles. The number of likely N-dealkylation sites (N-methyl/N-ethyl adjacent to an activating group) is 1. The van der Waals surface area contributed by atoms with E-state index in [-0.39, 0.29) is 37.0 Å². The van der Waals surface area contributed by atoms with Gasteiger partial charge in [0.2, 0.25) is 5.91 Å². The number of carbonyl (C=O) groups is 1. The van der Waals surface area contributed by atoms with Crippen molar-refractivity contribution in [3.8, 4) is 11.5 Å². The molecule has 2 aromatic carbocycles. The number of halogens is 2. The van der Waals surface area contributed by atoms with Gasteiger partial charge in [0.1, 0.15) is 5.84 Å². The normalized spacial score (nSPS) is 13.8. The maximum absolute atomic E-state index is 14.9. The number of benzene rings is 2. The van der Waals surface area contributed by atoms with Gasteiger partial charge < -0.3 is 35.4 Å². The SMILES string of the molecule is CCN(CCO)CCCOc1cc2c(cc1OC)C(=Nc1cc(CC(N)=O)[nH]n1)N(c1cccc(F)c1F)CN2. The van der Waals surface area contributed by atoms with E-state index in [1.165, 1.54) is 24.1 Å². The van der Waals surface area contributed by atoms with Crippen LogP contribution in [0.2, 0.25) is 0 Å². The fraction of sp³-hybridized carbons (Fsp3) is 0.370. The summed E-state index contributed by atoms with van der Waals surface area (Å²) >= 11 is 0. The number of aliphatic hydroxyl groups excluding tert-OH is 1. The number of rotatable bonds is 13. The van der Waals surface area contributed by atoms with Crippen molar-refractivity contribution in [2.45, 2.75) is 19.8 Å². The Morgan fingerprint density at radius 2 is 2.08 bits per heavy atom.